The number of aryl methyl sites for hydroxylation is 1. The van der Waals surface area contributed by atoms with Crippen molar-refractivity contribution < 1.29 is 9.90 Å². The molecule has 0 fully saturated rings. The lowest BCUT2D eigenvalue weighted by Gasteiger charge is -2.22. The molecule has 1 rings (SSSR count). The van der Waals surface area contributed by atoms with Crippen LogP contribution in [-0.2, 0) is 25.7 Å². The van der Waals surface area contributed by atoms with Crippen LogP contribution in [0.25, 0.3) is 0 Å². The Morgan fingerprint density at radius 3 is 1.15 bits per heavy atom. The van der Waals surface area contributed by atoms with Crippen LogP contribution in [0, 0.1) is 0 Å². The molecule has 0 heterocycles. The van der Waals surface area contributed by atoms with Gasteiger partial charge in [-0.05, 0) is 79.7 Å². The fourth-order valence-electron chi connectivity index (χ4n) is 6.54. The van der Waals surface area contributed by atoms with E-state index in [2.05, 4.69) is 33.8 Å². The molecule has 0 saturated heterocycles. The van der Waals surface area contributed by atoms with Crippen molar-refractivity contribution >= 4 is 5.97 Å². The first kappa shape index (κ1) is 37.7. The number of hydrogen-bond acceptors (Lipinski definition) is 1. The highest BCUT2D eigenvalue weighted by atomic mass is 16.4. The first-order valence-electron chi connectivity index (χ1n) is 18.5. The third-order valence-electron chi connectivity index (χ3n) is 9.13. The summed E-state index contributed by atoms with van der Waals surface area (Å²) < 4.78 is 0. The van der Waals surface area contributed by atoms with E-state index >= 15 is 0 Å². The number of carboxylic acids is 1. The van der Waals surface area contributed by atoms with Crippen LogP contribution in [-0.4, -0.2) is 11.1 Å². The Morgan fingerprint density at radius 1 is 0.439 bits per heavy atom. The molecule has 0 bridgehead atoms. The van der Waals surface area contributed by atoms with Crippen LogP contribution in [0.3, 0.4) is 0 Å². The minimum absolute atomic E-state index is 0.632. The molecule has 0 aliphatic heterocycles. The van der Waals surface area contributed by atoms with E-state index in [9.17, 15) is 9.90 Å². The van der Waals surface area contributed by atoms with Gasteiger partial charge in [-0.3, -0.25) is 0 Å². The first-order chi connectivity index (χ1) is 20.1. The quantitative estimate of drug-likeness (QED) is 0.0972. The lowest BCUT2D eigenvalue weighted by molar-refractivity contribution is 0.0695. The molecule has 0 aromatic heterocycles. The summed E-state index contributed by atoms with van der Waals surface area (Å²) in [6.07, 6.45) is 35.1. The summed E-state index contributed by atoms with van der Waals surface area (Å²) in [5, 5.41) is 10.4. The molecule has 0 saturated carbocycles. The van der Waals surface area contributed by atoms with E-state index in [1.165, 1.54) is 164 Å². The van der Waals surface area contributed by atoms with Gasteiger partial charge < -0.3 is 5.11 Å². The Balaban J connectivity index is 3.22. The highest BCUT2D eigenvalue weighted by Gasteiger charge is 2.21. The molecule has 2 heteroatoms. The van der Waals surface area contributed by atoms with E-state index < -0.39 is 5.97 Å². The Hall–Kier alpha value is -1.31. The standard InChI is InChI=1S/C39H70O2/c1-5-9-13-17-21-25-29-34-33-38(39(40)41)37(32-28-24-20-16-12-8-4)36(31-27-23-19-15-11-7-3)35(34)30-26-22-18-14-10-6-2/h33H,5-32H2,1-4H3,(H,40,41). The Kier molecular flexibility index (Phi) is 24.2. The van der Waals surface area contributed by atoms with Gasteiger partial charge in [0.25, 0.3) is 0 Å². The SMILES string of the molecule is CCCCCCCCc1cc(C(=O)O)c(CCCCCCCC)c(CCCCCCCC)c1CCCCCCCC. The van der Waals surface area contributed by atoms with Crippen LogP contribution in [0.15, 0.2) is 6.07 Å². The van der Waals surface area contributed by atoms with Gasteiger partial charge in [-0.2, -0.15) is 0 Å². The molecule has 1 aromatic rings. The molecular formula is C39H70O2. The molecular weight excluding hydrogens is 500 g/mol. The molecule has 0 atom stereocenters. The molecule has 0 spiro atoms. The monoisotopic (exact) mass is 571 g/mol. The summed E-state index contributed by atoms with van der Waals surface area (Å²) in [6.45, 7) is 9.12. The molecule has 41 heavy (non-hydrogen) atoms. The maximum Gasteiger partial charge on any atom is 0.335 e. The second-order valence-electron chi connectivity index (χ2n) is 12.9. The fraction of sp³-hybridized carbons (Fsp3) is 0.821. The fourth-order valence-corrected chi connectivity index (χ4v) is 6.54. The van der Waals surface area contributed by atoms with Gasteiger partial charge in [0, 0.05) is 0 Å². The zero-order chi connectivity index (χ0) is 30.0. The van der Waals surface area contributed by atoms with Crippen molar-refractivity contribution in [2.45, 2.75) is 207 Å². The van der Waals surface area contributed by atoms with Gasteiger partial charge in [0.2, 0.25) is 0 Å². The van der Waals surface area contributed by atoms with Gasteiger partial charge in [0.05, 0.1) is 5.56 Å². The summed E-state index contributed by atoms with van der Waals surface area (Å²) in [6, 6.07) is 2.14. The van der Waals surface area contributed by atoms with Crippen LogP contribution in [0.4, 0.5) is 0 Å². The van der Waals surface area contributed by atoms with Crippen LogP contribution >= 0.6 is 0 Å². The van der Waals surface area contributed by atoms with E-state index in [1.807, 2.05) is 0 Å². The van der Waals surface area contributed by atoms with Gasteiger partial charge in [0.1, 0.15) is 0 Å². The van der Waals surface area contributed by atoms with Crippen LogP contribution in [0.5, 0.6) is 0 Å². The minimum atomic E-state index is -0.703. The van der Waals surface area contributed by atoms with Gasteiger partial charge >= 0.3 is 5.97 Å². The molecule has 1 N–H and O–H groups in total. The van der Waals surface area contributed by atoms with Crippen molar-refractivity contribution in [3.05, 3.63) is 33.9 Å². The van der Waals surface area contributed by atoms with Crippen LogP contribution in [0.2, 0.25) is 0 Å². The highest BCUT2D eigenvalue weighted by molar-refractivity contribution is 5.90. The molecule has 0 aliphatic carbocycles. The average molecular weight is 571 g/mol. The van der Waals surface area contributed by atoms with Crippen molar-refractivity contribution in [2.75, 3.05) is 0 Å². The first-order valence-corrected chi connectivity index (χ1v) is 18.5. The van der Waals surface area contributed by atoms with E-state index in [-0.39, 0.29) is 0 Å². The van der Waals surface area contributed by atoms with Crippen molar-refractivity contribution in [1.82, 2.24) is 0 Å². The molecule has 0 amide bonds. The third-order valence-corrected chi connectivity index (χ3v) is 9.13. The summed E-state index contributed by atoms with van der Waals surface area (Å²) in [7, 11) is 0. The van der Waals surface area contributed by atoms with Crippen LogP contribution < -0.4 is 0 Å². The lowest BCUT2D eigenvalue weighted by Crippen LogP contribution is -2.13. The molecule has 0 unspecified atom stereocenters. The summed E-state index contributed by atoms with van der Waals surface area (Å²) >= 11 is 0. The van der Waals surface area contributed by atoms with Gasteiger partial charge in [0.15, 0.2) is 0 Å². The normalized spacial score (nSPS) is 11.4. The van der Waals surface area contributed by atoms with E-state index in [0.29, 0.717) is 5.56 Å². The van der Waals surface area contributed by atoms with Crippen molar-refractivity contribution in [3.63, 3.8) is 0 Å². The molecule has 0 aliphatic rings. The van der Waals surface area contributed by atoms with Gasteiger partial charge in [-0.15, -0.1) is 0 Å². The molecule has 0 radical (unpaired) electrons. The predicted octanol–water partition coefficient (Wildman–Crippen LogP) is 13.0. The summed E-state index contributed by atoms with van der Waals surface area (Å²) in [4.78, 5) is 12.7. The number of rotatable bonds is 29. The number of benzene rings is 1. The van der Waals surface area contributed by atoms with Crippen molar-refractivity contribution in [1.29, 1.82) is 0 Å². The molecule has 2 nitrogen and oxygen atoms in total. The number of carbonyl (C=O) groups is 1. The number of carboxylic acid groups (broad SMARTS) is 1. The van der Waals surface area contributed by atoms with E-state index in [4.69, 9.17) is 0 Å². The number of unbranched alkanes of at least 4 members (excludes halogenated alkanes) is 20. The highest BCUT2D eigenvalue weighted by Crippen LogP contribution is 2.31. The van der Waals surface area contributed by atoms with Crippen molar-refractivity contribution in [3.8, 4) is 0 Å². The average Bonchev–Trinajstić information content (AvgIpc) is 2.97. The zero-order valence-electron chi connectivity index (χ0n) is 28.2. The second-order valence-corrected chi connectivity index (χ2v) is 12.9. The molecule has 1 aromatic carbocycles. The van der Waals surface area contributed by atoms with Gasteiger partial charge in [-0.1, -0.05) is 156 Å². The van der Waals surface area contributed by atoms with Crippen molar-refractivity contribution in [2.24, 2.45) is 0 Å². The van der Waals surface area contributed by atoms with E-state index in [1.54, 1.807) is 5.56 Å². The number of aromatic carboxylic acids is 1. The summed E-state index contributed by atoms with van der Waals surface area (Å²) in [5.74, 6) is -0.703. The topological polar surface area (TPSA) is 37.3 Å². The Morgan fingerprint density at radius 2 is 0.756 bits per heavy atom. The smallest absolute Gasteiger partial charge is 0.335 e. The third kappa shape index (κ3) is 17.4. The van der Waals surface area contributed by atoms with Gasteiger partial charge in [-0.25, -0.2) is 4.79 Å². The second kappa shape index (κ2) is 26.3. The molecule has 238 valence electrons. The Labute approximate surface area is 256 Å². The number of hydrogen-bond donors (Lipinski definition) is 1. The maximum atomic E-state index is 12.7. The van der Waals surface area contributed by atoms with Crippen LogP contribution in [0.1, 0.15) is 214 Å². The Bertz CT molecular complexity index is 765. The van der Waals surface area contributed by atoms with E-state index in [0.717, 1.165) is 32.1 Å². The zero-order valence-corrected chi connectivity index (χ0v) is 28.2. The maximum absolute atomic E-state index is 12.7. The summed E-state index contributed by atoms with van der Waals surface area (Å²) in [5.41, 5.74) is 6.23. The predicted molar refractivity (Wildman–Crippen MR) is 182 cm³/mol. The lowest BCUT2D eigenvalue weighted by atomic mass is 9.82. The largest absolute Gasteiger partial charge is 0.478 e. The minimum Gasteiger partial charge on any atom is -0.478 e.